The molecule has 1 fully saturated rings. The van der Waals surface area contributed by atoms with Gasteiger partial charge in [-0.05, 0) is 43.2 Å². The number of anilines is 1. The summed E-state index contributed by atoms with van der Waals surface area (Å²) >= 11 is 0. The molecule has 2 amide bonds. The van der Waals surface area contributed by atoms with Crippen molar-refractivity contribution in [2.24, 2.45) is 5.92 Å². The van der Waals surface area contributed by atoms with Crippen LogP contribution in [0.4, 0.5) is 10.5 Å². The van der Waals surface area contributed by atoms with E-state index in [2.05, 4.69) is 30.5 Å². The summed E-state index contributed by atoms with van der Waals surface area (Å²) in [4.78, 5) is 12.2. The van der Waals surface area contributed by atoms with Crippen LogP contribution in [0.5, 0.6) is 0 Å². The molecule has 110 valence electrons. The van der Waals surface area contributed by atoms with E-state index >= 15 is 0 Å². The van der Waals surface area contributed by atoms with Gasteiger partial charge in [-0.2, -0.15) is 0 Å². The summed E-state index contributed by atoms with van der Waals surface area (Å²) in [6.07, 6.45) is 5.76. The average molecular weight is 274 g/mol. The smallest absolute Gasteiger partial charge is 0.319 e. The molecule has 2 N–H and O–H groups in total. The van der Waals surface area contributed by atoms with Gasteiger partial charge in [0.2, 0.25) is 0 Å². The van der Waals surface area contributed by atoms with Crippen LogP contribution in [0.15, 0.2) is 18.2 Å². The lowest BCUT2D eigenvalue weighted by Crippen LogP contribution is -2.43. The Morgan fingerprint density at radius 1 is 1.30 bits per heavy atom. The van der Waals surface area contributed by atoms with Crippen LogP contribution in [-0.4, -0.2) is 12.1 Å². The van der Waals surface area contributed by atoms with Gasteiger partial charge in [-0.1, -0.05) is 44.9 Å². The summed E-state index contributed by atoms with van der Waals surface area (Å²) < 4.78 is 0. The minimum absolute atomic E-state index is 0.0623. The first-order chi connectivity index (χ1) is 9.61. The maximum Gasteiger partial charge on any atom is 0.319 e. The number of carbonyl (C=O) groups excluding carboxylic acids is 1. The molecule has 0 aromatic heterocycles. The molecule has 1 saturated carbocycles. The van der Waals surface area contributed by atoms with Gasteiger partial charge in [0.1, 0.15) is 0 Å². The molecule has 0 spiro atoms. The molecular formula is C17H26N2O. The van der Waals surface area contributed by atoms with Crippen LogP contribution < -0.4 is 10.6 Å². The number of para-hydroxylation sites is 1. The van der Waals surface area contributed by atoms with Gasteiger partial charge in [0.25, 0.3) is 0 Å². The SMILES string of the molecule is CCc1cccc(C)c1NC(=O)N[C@@H]1CCCC[C@@H]1C. The molecule has 0 unspecified atom stereocenters. The Bertz CT molecular complexity index is 470. The molecule has 3 heteroatoms. The first kappa shape index (κ1) is 14.9. The van der Waals surface area contributed by atoms with E-state index in [0.717, 1.165) is 24.1 Å². The van der Waals surface area contributed by atoms with E-state index in [1.807, 2.05) is 19.1 Å². The van der Waals surface area contributed by atoms with Crippen molar-refractivity contribution in [1.29, 1.82) is 0 Å². The third-order valence-corrected chi connectivity index (χ3v) is 4.41. The van der Waals surface area contributed by atoms with Gasteiger partial charge in [-0.15, -0.1) is 0 Å². The second kappa shape index (κ2) is 6.78. The fraction of sp³-hybridized carbons (Fsp3) is 0.588. The van der Waals surface area contributed by atoms with Crippen molar-refractivity contribution in [1.82, 2.24) is 5.32 Å². The van der Waals surface area contributed by atoms with Gasteiger partial charge < -0.3 is 10.6 Å². The molecule has 1 aromatic carbocycles. The lowest BCUT2D eigenvalue weighted by atomic mass is 9.86. The number of amides is 2. The van der Waals surface area contributed by atoms with Crippen LogP contribution in [0, 0.1) is 12.8 Å². The zero-order valence-corrected chi connectivity index (χ0v) is 12.8. The second-order valence-electron chi connectivity index (χ2n) is 5.93. The third-order valence-electron chi connectivity index (χ3n) is 4.41. The third kappa shape index (κ3) is 3.53. The Balaban J connectivity index is 2.01. The van der Waals surface area contributed by atoms with Crippen molar-refractivity contribution >= 4 is 11.7 Å². The predicted molar refractivity (Wildman–Crippen MR) is 84.1 cm³/mol. The topological polar surface area (TPSA) is 41.1 Å². The lowest BCUT2D eigenvalue weighted by Gasteiger charge is -2.29. The maximum absolute atomic E-state index is 12.2. The zero-order valence-electron chi connectivity index (χ0n) is 12.8. The number of hydrogen-bond donors (Lipinski definition) is 2. The Morgan fingerprint density at radius 3 is 2.75 bits per heavy atom. The summed E-state index contributed by atoms with van der Waals surface area (Å²) in [5.74, 6) is 0.581. The Labute approximate surface area is 122 Å². The number of carbonyl (C=O) groups is 1. The molecule has 20 heavy (non-hydrogen) atoms. The highest BCUT2D eigenvalue weighted by atomic mass is 16.2. The molecule has 0 radical (unpaired) electrons. The summed E-state index contributed by atoms with van der Waals surface area (Å²) in [5.41, 5.74) is 3.28. The van der Waals surface area contributed by atoms with Crippen molar-refractivity contribution in [2.75, 3.05) is 5.32 Å². The Kier molecular flexibility index (Phi) is 5.05. The lowest BCUT2D eigenvalue weighted by molar-refractivity contribution is 0.232. The summed E-state index contributed by atoms with van der Waals surface area (Å²) in [7, 11) is 0. The number of benzene rings is 1. The zero-order chi connectivity index (χ0) is 14.5. The van der Waals surface area contributed by atoms with Crippen molar-refractivity contribution in [3.63, 3.8) is 0 Å². The van der Waals surface area contributed by atoms with Crippen molar-refractivity contribution in [3.05, 3.63) is 29.3 Å². The molecule has 1 aliphatic rings. The Morgan fingerprint density at radius 2 is 2.05 bits per heavy atom. The molecule has 0 bridgehead atoms. The normalized spacial score (nSPS) is 22.4. The van der Waals surface area contributed by atoms with Crippen molar-refractivity contribution in [2.45, 2.75) is 58.9 Å². The van der Waals surface area contributed by atoms with E-state index in [1.165, 1.54) is 24.8 Å². The van der Waals surface area contributed by atoms with Crippen LogP contribution in [0.25, 0.3) is 0 Å². The van der Waals surface area contributed by atoms with Crippen LogP contribution in [0.1, 0.15) is 50.7 Å². The van der Waals surface area contributed by atoms with Crippen LogP contribution >= 0.6 is 0 Å². The standard InChI is InChI=1S/C17H26N2O/c1-4-14-10-7-9-13(3)16(14)19-17(20)18-15-11-6-5-8-12(15)2/h7,9-10,12,15H,4-6,8,11H2,1-3H3,(H2,18,19,20)/t12-,15+/m0/s1. The van der Waals surface area contributed by atoms with Gasteiger partial charge in [-0.3, -0.25) is 0 Å². The molecule has 2 rings (SSSR count). The molecule has 0 saturated heterocycles. The summed E-state index contributed by atoms with van der Waals surface area (Å²) in [6.45, 7) is 6.38. The van der Waals surface area contributed by atoms with E-state index in [9.17, 15) is 4.79 Å². The minimum Gasteiger partial charge on any atom is -0.335 e. The maximum atomic E-state index is 12.2. The second-order valence-corrected chi connectivity index (χ2v) is 5.93. The fourth-order valence-corrected chi connectivity index (χ4v) is 3.05. The molecule has 1 aliphatic carbocycles. The van der Waals surface area contributed by atoms with Gasteiger partial charge in [0, 0.05) is 11.7 Å². The van der Waals surface area contributed by atoms with E-state index in [1.54, 1.807) is 0 Å². The molecule has 2 atom stereocenters. The minimum atomic E-state index is -0.0623. The van der Waals surface area contributed by atoms with E-state index in [4.69, 9.17) is 0 Å². The highest BCUT2D eigenvalue weighted by Crippen LogP contribution is 2.24. The highest BCUT2D eigenvalue weighted by molar-refractivity contribution is 5.91. The van der Waals surface area contributed by atoms with Gasteiger partial charge in [0.05, 0.1) is 0 Å². The first-order valence-electron chi connectivity index (χ1n) is 7.77. The number of aryl methyl sites for hydroxylation is 2. The quantitative estimate of drug-likeness (QED) is 0.849. The number of nitrogens with one attached hydrogen (secondary N) is 2. The van der Waals surface area contributed by atoms with Gasteiger partial charge in [0.15, 0.2) is 0 Å². The largest absolute Gasteiger partial charge is 0.335 e. The molecular weight excluding hydrogens is 248 g/mol. The van der Waals surface area contributed by atoms with Crippen LogP contribution in [0.2, 0.25) is 0 Å². The number of rotatable bonds is 3. The van der Waals surface area contributed by atoms with Crippen LogP contribution in [-0.2, 0) is 6.42 Å². The van der Waals surface area contributed by atoms with Crippen molar-refractivity contribution < 1.29 is 4.79 Å². The molecule has 1 aromatic rings. The average Bonchev–Trinajstić information content (AvgIpc) is 2.43. The summed E-state index contributed by atoms with van der Waals surface area (Å²) in [5, 5.41) is 6.19. The summed E-state index contributed by atoms with van der Waals surface area (Å²) in [6, 6.07) is 6.41. The van der Waals surface area contributed by atoms with Gasteiger partial charge in [-0.25, -0.2) is 4.79 Å². The molecule has 0 heterocycles. The van der Waals surface area contributed by atoms with Crippen LogP contribution in [0.3, 0.4) is 0 Å². The van der Waals surface area contributed by atoms with Crippen molar-refractivity contribution in [3.8, 4) is 0 Å². The van der Waals surface area contributed by atoms with E-state index < -0.39 is 0 Å². The predicted octanol–water partition coefficient (Wildman–Crippen LogP) is 4.26. The highest BCUT2D eigenvalue weighted by Gasteiger charge is 2.23. The van der Waals surface area contributed by atoms with Gasteiger partial charge >= 0.3 is 6.03 Å². The van der Waals surface area contributed by atoms with E-state index in [0.29, 0.717) is 12.0 Å². The molecule has 0 aliphatic heterocycles. The number of urea groups is 1. The number of hydrogen-bond acceptors (Lipinski definition) is 1. The first-order valence-corrected chi connectivity index (χ1v) is 7.77. The fourth-order valence-electron chi connectivity index (χ4n) is 3.05. The van der Waals surface area contributed by atoms with E-state index in [-0.39, 0.29) is 6.03 Å². The Hall–Kier alpha value is -1.51. The molecule has 3 nitrogen and oxygen atoms in total. The monoisotopic (exact) mass is 274 g/mol.